The van der Waals surface area contributed by atoms with Gasteiger partial charge in [0.15, 0.2) is 5.76 Å². The number of carbonyl (C=O) groups excluding carboxylic acids is 2. The maximum absolute atomic E-state index is 11.5. The molecule has 2 heterocycles. The van der Waals surface area contributed by atoms with Gasteiger partial charge in [-0.3, -0.25) is 9.59 Å². The van der Waals surface area contributed by atoms with E-state index in [-0.39, 0.29) is 12.3 Å². The molecule has 2 aromatic heterocycles. The van der Waals surface area contributed by atoms with Crippen molar-refractivity contribution < 1.29 is 18.4 Å². The van der Waals surface area contributed by atoms with Crippen molar-refractivity contribution in [1.82, 2.24) is 10.7 Å². The minimum Gasteiger partial charge on any atom is -0.460 e. The first-order valence-corrected chi connectivity index (χ1v) is 5.85. The van der Waals surface area contributed by atoms with Crippen LogP contribution in [0.15, 0.2) is 44.5 Å². The molecule has 2 aromatic rings. The van der Waals surface area contributed by atoms with Crippen molar-refractivity contribution in [3.8, 4) is 0 Å². The number of amides is 2. The van der Waals surface area contributed by atoms with Crippen LogP contribution in [0, 0.1) is 6.92 Å². The van der Waals surface area contributed by atoms with Crippen molar-refractivity contribution in [2.75, 3.05) is 6.54 Å². The van der Waals surface area contributed by atoms with Gasteiger partial charge in [-0.1, -0.05) is 0 Å². The van der Waals surface area contributed by atoms with Crippen LogP contribution >= 0.6 is 0 Å². The van der Waals surface area contributed by atoms with Crippen molar-refractivity contribution in [1.29, 1.82) is 0 Å². The fraction of sp³-hybridized carbons (Fsp3) is 0.154. The van der Waals surface area contributed by atoms with Crippen LogP contribution in [-0.2, 0) is 4.79 Å². The summed E-state index contributed by atoms with van der Waals surface area (Å²) < 4.78 is 10.1. The van der Waals surface area contributed by atoms with E-state index in [2.05, 4.69) is 15.8 Å². The molecule has 0 spiro atoms. The van der Waals surface area contributed by atoms with E-state index < -0.39 is 11.8 Å². The van der Waals surface area contributed by atoms with Gasteiger partial charge in [-0.25, -0.2) is 5.43 Å². The molecule has 0 bridgehead atoms. The number of rotatable bonds is 5. The molecule has 2 amide bonds. The summed E-state index contributed by atoms with van der Waals surface area (Å²) in [6.07, 6.45) is 2.75. The lowest BCUT2D eigenvalue weighted by atomic mass is 10.4. The Bertz CT molecular complexity index is 613. The van der Waals surface area contributed by atoms with E-state index in [4.69, 9.17) is 8.83 Å². The van der Waals surface area contributed by atoms with Crippen LogP contribution < -0.4 is 10.7 Å². The monoisotopic (exact) mass is 275 g/mol. The quantitative estimate of drug-likeness (QED) is 0.630. The zero-order chi connectivity index (χ0) is 14.4. The average molecular weight is 275 g/mol. The molecule has 104 valence electrons. The molecule has 0 aliphatic rings. The minimum atomic E-state index is -0.462. The summed E-state index contributed by atoms with van der Waals surface area (Å²) in [6.45, 7) is 1.61. The first-order valence-electron chi connectivity index (χ1n) is 5.85. The highest BCUT2D eigenvalue weighted by molar-refractivity contribution is 5.94. The molecule has 2 rings (SSSR count). The Kier molecular flexibility index (Phi) is 4.33. The number of aryl methyl sites for hydroxylation is 1. The van der Waals surface area contributed by atoms with Crippen LogP contribution in [-0.4, -0.2) is 24.6 Å². The van der Waals surface area contributed by atoms with Gasteiger partial charge in [0, 0.05) is 0 Å². The fourth-order valence-corrected chi connectivity index (χ4v) is 1.39. The van der Waals surface area contributed by atoms with Crippen LogP contribution in [0.5, 0.6) is 0 Å². The van der Waals surface area contributed by atoms with Gasteiger partial charge in [0.25, 0.3) is 11.8 Å². The van der Waals surface area contributed by atoms with Crippen molar-refractivity contribution in [3.05, 3.63) is 47.8 Å². The largest absolute Gasteiger partial charge is 0.460 e. The van der Waals surface area contributed by atoms with Crippen molar-refractivity contribution in [2.45, 2.75) is 6.92 Å². The van der Waals surface area contributed by atoms with Gasteiger partial charge in [0.05, 0.1) is 19.0 Å². The molecule has 0 saturated heterocycles. The molecular weight excluding hydrogens is 262 g/mol. The van der Waals surface area contributed by atoms with E-state index in [1.165, 1.54) is 18.5 Å². The summed E-state index contributed by atoms with van der Waals surface area (Å²) in [4.78, 5) is 22.9. The molecular formula is C13H13N3O4. The summed E-state index contributed by atoms with van der Waals surface area (Å²) >= 11 is 0. The predicted octanol–water partition coefficient (Wildman–Crippen LogP) is 1.06. The van der Waals surface area contributed by atoms with Gasteiger partial charge in [0.1, 0.15) is 11.5 Å². The van der Waals surface area contributed by atoms with Crippen LogP contribution in [0.25, 0.3) is 0 Å². The normalized spacial score (nSPS) is 10.7. The van der Waals surface area contributed by atoms with E-state index in [1.54, 1.807) is 25.1 Å². The zero-order valence-corrected chi connectivity index (χ0v) is 10.8. The second-order valence-electron chi connectivity index (χ2n) is 3.90. The van der Waals surface area contributed by atoms with Crippen LogP contribution in [0.4, 0.5) is 0 Å². The SMILES string of the molecule is Cc1ccc(/C=N/NC(=O)CNC(=O)c2ccco2)o1. The first kappa shape index (κ1) is 13.6. The number of hydrazone groups is 1. The Morgan fingerprint density at radius 3 is 2.85 bits per heavy atom. The van der Waals surface area contributed by atoms with Crippen LogP contribution in [0.3, 0.4) is 0 Å². The predicted molar refractivity (Wildman–Crippen MR) is 70.2 cm³/mol. The lowest BCUT2D eigenvalue weighted by Crippen LogP contribution is -2.34. The lowest BCUT2D eigenvalue weighted by molar-refractivity contribution is -0.120. The second kappa shape index (κ2) is 6.37. The Morgan fingerprint density at radius 2 is 2.20 bits per heavy atom. The van der Waals surface area contributed by atoms with Crippen LogP contribution in [0.2, 0.25) is 0 Å². The summed E-state index contributed by atoms with van der Waals surface area (Å²) in [7, 11) is 0. The Morgan fingerprint density at radius 1 is 1.35 bits per heavy atom. The molecule has 0 radical (unpaired) electrons. The third-order valence-electron chi connectivity index (χ3n) is 2.30. The third-order valence-corrected chi connectivity index (χ3v) is 2.30. The molecule has 7 heteroatoms. The molecule has 7 nitrogen and oxygen atoms in total. The average Bonchev–Trinajstić information content (AvgIpc) is 3.07. The zero-order valence-electron chi connectivity index (χ0n) is 10.8. The van der Waals surface area contributed by atoms with Gasteiger partial charge in [-0.15, -0.1) is 0 Å². The van der Waals surface area contributed by atoms with E-state index in [1.807, 2.05) is 0 Å². The fourth-order valence-electron chi connectivity index (χ4n) is 1.39. The van der Waals surface area contributed by atoms with Crippen molar-refractivity contribution in [3.63, 3.8) is 0 Å². The van der Waals surface area contributed by atoms with Gasteiger partial charge in [0.2, 0.25) is 0 Å². The highest BCUT2D eigenvalue weighted by Crippen LogP contribution is 2.02. The number of nitrogens with one attached hydrogen (secondary N) is 2. The Balaban J connectivity index is 1.73. The molecule has 0 aliphatic carbocycles. The molecule has 0 aliphatic heterocycles. The summed E-state index contributed by atoms with van der Waals surface area (Å²) in [5.41, 5.74) is 2.27. The van der Waals surface area contributed by atoms with Crippen molar-refractivity contribution >= 4 is 18.0 Å². The molecule has 0 atom stereocenters. The van der Waals surface area contributed by atoms with Crippen molar-refractivity contribution in [2.24, 2.45) is 5.10 Å². The number of hydrogen-bond donors (Lipinski definition) is 2. The van der Waals surface area contributed by atoms with Crippen LogP contribution in [0.1, 0.15) is 22.1 Å². The standard InChI is InChI=1S/C13H13N3O4/c1-9-4-5-10(20-9)7-15-16-12(17)8-14-13(18)11-3-2-6-19-11/h2-7H,8H2,1H3,(H,14,18)(H,16,17)/b15-7+. The van der Waals surface area contributed by atoms with E-state index >= 15 is 0 Å². The summed E-state index contributed by atoms with van der Waals surface area (Å²) in [5, 5.41) is 6.10. The van der Waals surface area contributed by atoms with E-state index in [0.717, 1.165) is 5.76 Å². The van der Waals surface area contributed by atoms with E-state index in [9.17, 15) is 9.59 Å². The molecule has 0 saturated carbocycles. The topological polar surface area (TPSA) is 96.8 Å². The molecule has 20 heavy (non-hydrogen) atoms. The maximum atomic E-state index is 11.5. The van der Waals surface area contributed by atoms with Gasteiger partial charge < -0.3 is 14.2 Å². The molecule has 0 aromatic carbocycles. The maximum Gasteiger partial charge on any atom is 0.287 e. The molecule has 0 fully saturated rings. The third kappa shape index (κ3) is 3.84. The van der Waals surface area contributed by atoms with E-state index in [0.29, 0.717) is 5.76 Å². The minimum absolute atomic E-state index is 0.146. The number of furan rings is 2. The molecule has 2 N–H and O–H groups in total. The lowest BCUT2D eigenvalue weighted by Gasteiger charge is -2.01. The Hall–Kier alpha value is -2.83. The van der Waals surface area contributed by atoms with Gasteiger partial charge in [-0.05, 0) is 31.2 Å². The Labute approximate surface area is 114 Å². The van der Waals surface area contributed by atoms with Gasteiger partial charge >= 0.3 is 0 Å². The van der Waals surface area contributed by atoms with Gasteiger partial charge in [-0.2, -0.15) is 5.10 Å². The summed E-state index contributed by atoms with van der Waals surface area (Å²) in [5.74, 6) is 0.512. The number of nitrogens with zero attached hydrogens (tertiary/aromatic N) is 1. The smallest absolute Gasteiger partial charge is 0.287 e. The number of hydrogen-bond acceptors (Lipinski definition) is 5. The highest BCUT2D eigenvalue weighted by Gasteiger charge is 2.09. The number of carbonyl (C=O) groups is 2. The molecule has 0 unspecified atom stereocenters. The highest BCUT2D eigenvalue weighted by atomic mass is 16.3. The first-order chi connectivity index (χ1) is 9.65. The second-order valence-corrected chi connectivity index (χ2v) is 3.90. The summed E-state index contributed by atoms with van der Waals surface area (Å²) in [6, 6.07) is 6.60.